The Bertz CT molecular complexity index is 3020. The molecule has 30 heteroatoms. The molecular formula is C42H49N13O15P2. The molecule has 8 unspecified atom stereocenters. The summed E-state index contributed by atoms with van der Waals surface area (Å²) in [6, 6.07) is 17.6. The van der Waals surface area contributed by atoms with Crippen molar-refractivity contribution in [3.8, 4) is 0 Å². The number of nitrogens with one attached hydrogen (secondary N) is 4. The third-order valence-electron chi connectivity index (χ3n) is 11.9. The number of carbonyl (C=O) groups excluding carboxylic acids is 2. The van der Waals surface area contributed by atoms with Gasteiger partial charge in [-0.2, -0.15) is 4.31 Å². The number of aromatic nitrogens is 8. The summed E-state index contributed by atoms with van der Waals surface area (Å²) in [5.41, 5.74) is 7.69. The Morgan fingerprint density at radius 3 is 1.78 bits per heavy atom. The van der Waals surface area contributed by atoms with Crippen molar-refractivity contribution >= 4 is 61.7 Å². The first-order valence-corrected chi connectivity index (χ1v) is 25.6. The van der Waals surface area contributed by atoms with E-state index in [2.05, 4.69) is 51.2 Å². The number of rotatable bonds is 18. The number of hydrogen-bond acceptors (Lipinski definition) is 20. The van der Waals surface area contributed by atoms with Crippen molar-refractivity contribution in [1.29, 1.82) is 0 Å². The number of hydrogen-bond donors (Lipinski definition) is 7. The molecule has 28 nitrogen and oxygen atoms in total. The molecule has 2 aromatic carbocycles. The number of carbonyl (C=O) groups is 2. The number of amides is 4. The number of imidazole rings is 2. The molecule has 10 rings (SSSR count). The average molecular weight is 1040 g/mol. The van der Waals surface area contributed by atoms with Gasteiger partial charge in [0, 0.05) is 25.9 Å². The van der Waals surface area contributed by atoms with Crippen LogP contribution in [0.3, 0.4) is 0 Å². The predicted octanol–water partition coefficient (Wildman–Crippen LogP) is 2.99. The van der Waals surface area contributed by atoms with Crippen LogP contribution in [0.2, 0.25) is 0 Å². The largest absolute Gasteiger partial charge is 0.481 e. The highest BCUT2D eigenvalue weighted by atomic mass is 31.3. The van der Waals surface area contributed by atoms with Crippen LogP contribution < -0.4 is 27.0 Å². The lowest BCUT2D eigenvalue weighted by molar-refractivity contribution is -0.167. The zero-order valence-electron chi connectivity index (χ0n) is 38.3. The highest BCUT2D eigenvalue weighted by molar-refractivity contribution is 7.61. The van der Waals surface area contributed by atoms with Gasteiger partial charge in [0.1, 0.15) is 37.1 Å². The van der Waals surface area contributed by atoms with Gasteiger partial charge in [0.05, 0.1) is 25.9 Å². The van der Waals surface area contributed by atoms with Gasteiger partial charge in [0.25, 0.3) is 0 Å². The molecule has 0 saturated carbocycles. The lowest BCUT2D eigenvalue weighted by Gasteiger charge is -2.27. The Hall–Kier alpha value is -5.94. The zero-order chi connectivity index (χ0) is 50.2. The van der Waals surface area contributed by atoms with Gasteiger partial charge in [-0.15, -0.1) is 0 Å². The Kier molecular flexibility index (Phi) is 14.1. The number of fused-ring (bicyclic) bond motifs is 4. The van der Waals surface area contributed by atoms with E-state index >= 15 is 0 Å². The van der Waals surface area contributed by atoms with Crippen LogP contribution in [0, 0.1) is 0 Å². The van der Waals surface area contributed by atoms with Crippen molar-refractivity contribution in [3.05, 3.63) is 97.1 Å². The molecule has 0 radical (unpaired) electrons. The van der Waals surface area contributed by atoms with Gasteiger partial charge in [-0.05, 0) is 25.0 Å². The van der Waals surface area contributed by atoms with E-state index in [1.807, 2.05) is 60.7 Å². The zero-order valence-corrected chi connectivity index (χ0v) is 40.1. The fraction of sp³-hybridized carbons (Fsp3) is 0.429. The second-order valence-electron chi connectivity index (χ2n) is 16.7. The van der Waals surface area contributed by atoms with E-state index in [0.29, 0.717) is 19.5 Å². The van der Waals surface area contributed by atoms with E-state index in [-0.39, 0.29) is 40.4 Å². The SMILES string of the molecule is CCNC(=O)Nc1ncnc2c1ncn2[C@@H]1O[C@H](COP(=O)(O)OP(=O)(O)OC[C@H]2O[C@@H](n3cnc4c(NC(=O)NCC)ncnc43)C3OC(Cc4ccccc4)OC32N)C2OC(Cc3ccccc3)OC21. The molecule has 4 saturated heterocycles. The lowest BCUT2D eigenvalue weighted by Crippen LogP contribution is -2.55. The summed E-state index contributed by atoms with van der Waals surface area (Å²) in [6.07, 6.45) is -3.52. The highest BCUT2D eigenvalue weighted by Crippen LogP contribution is 2.61. The van der Waals surface area contributed by atoms with Gasteiger partial charge in [-0.1, -0.05) is 60.7 Å². The van der Waals surface area contributed by atoms with Crippen LogP contribution in [0.4, 0.5) is 21.2 Å². The molecule has 8 heterocycles. The van der Waals surface area contributed by atoms with Gasteiger partial charge in [0.15, 0.2) is 70.8 Å². The van der Waals surface area contributed by atoms with E-state index in [4.69, 9.17) is 47.5 Å². The van der Waals surface area contributed by atoms with Gasteiger partial charge in [0.2, 0.25) is 0 Å². The standard InChI is InChI=1S/C42H49N13O15P2/c1-3-44-40(56)52-34-29-36(48-19-46-34)54(21-50-29)38-32-31(66-27(67-32)15-23-11-7-5-8-12-23)25(64-38)17-62-71(58,59)70-72(60,61)63-18-26-42(43)33(68-28(69-42)16-24-13-9-6-10-14-24)39(65-26)55-22-51-30-35(47-20-49-37(30)55)53-41(57)45-4-2/h5-14,19-22,25-28,31-33,38-39H,3-4,15-18,43H2,1-2H3,(H,58,59)(H,60,61)(H2,44,46,48,52,56)(H2,45,47,49,53,57)/t25-,26-,27?,28?,31?,32?,33?,38-,39-,42?/m1/s1. The second kappa shape index (κ2) is 20.5. The quantitative estimate of drug-likeness (QED) is 0.0608. The fourth-order valence-corrected chi connectivity index (χ4v) is 10.9. The van der Waals surface area contributed by atoms with Gasteiger partial charge < -0.3 is 48.8 Å². The van der Waals surface area contributed by atoms with Crippen molar-refractivity contribution in [3.63, 3.8) is 0 Å². The minimum atomic E-state index is -5.49. The van der Waals surface area contributed by atoms with Crippen molar-refractivity contribution < 1.29 is 70.3 Å². The number of phosphoric ester groups is 2. The summed E-state index contributed by atoms with van der Waals surface area (Å²) >= 11 is 0. The normalized spacial score (nSPS) is 28.3. The summed E-state index contributed by atoms with van der Waals surface area (Å²) in [4.78, 5) is 72.4. The molecule has 0 bridgehead atoms. The van der Waals surface area contributed by atoms with Gasteiger partial charge in [-0.3, -0.25) is 34.5 Å². The van der Waals surface area contributed by atoms with Crippen LogP contribution in [0.1, 0.15) is 37.4 Å². The molecule has 72 heavy (non-hydrogen) atoms. The average Bonchev–Trinajstić information content (AvgIpc) is 4.20. The Balaban J connectivity index is 0.838. The Labute approximate surface area is 408 Å². The van der Waals surface area contributed by atoms with Crippen molar-refractivity contribution in [2.75, 3.05) is 36.9 Å². The Morgan fingerprint density at radius 1 is 0.681 bits per heavy atom. The molecule has 382 valence electrons. The van der Waals surface area contributed by atoms with Crippen molar-refractivity contribution in [2.24, 2.45) is 5.73 Å². The van der Waals surface area contributed by atoms with E-state index in [1.54, 1.807) is 13.8 Å². The fourth-order valence-electron chi connectivity index (χ4n) is 8.82. The number of phosphoric acid groups is 2. The smallest absolute Gasteiger partial charge is 0.347 e. The van der Waals surface area contributed by atoms with Crippen molar-refractivity contribution in [1.82, 2.24) is 49.7 Å². The number of nitrogens with two attached hydrogens (primary N) is 1. The molecular weight excluding hydrogens is 988 g/mol. The molecule has 12 atom stereocenters. The molecule has 4 amide bonds. The number of nitrogens with zero attached hydrogens (tertiary/aromatic N) is 8. The number of urea groups is 2. The van der Waals surface area contributed by atoms with Crippen LogP contribution in [0.15, 0.2) is 86.0 Å². The van der Waals surface area contributed by atoms with E-state index in [0.717, 1.165) is 11.1 Å². The predicted molar refractivity (Wildman–Crippen MR) is 247 cm³/mol. The molecule has 0 aliphatic carbocycles. The first-order chi connectivity index (χ1) is 34.7. The molecule has 4 aliphatic rings. The van der Waals surface area contributed by atoms with Gasteiger partial charge >= 0.3 is 27.7 Å². The van der Waals surface area contributed by atoms with E-state index in [1.165, 1.54) is 34.4 Å². The maximum atomic E-state index is 13.5. The van der Waals surface area contributed by atoms with E-state index < -0.39 is 102 Å². The topological polar surface area (TPSA) is 353 Å². The maximum absolute atomic E-state index is 13.5. The third-order valence-corrected chi connectivity index (χ3v) is 14.5. The van der Waals surface area contributed by atoms with Crippen LogP contribution in [0.25, 0.3) is 22.3 Å². The summed E-state index contributed by atoms with van der Waals surface area (Å²) < 4.78 is 83.3. The summed E-state index contributed by atoms with van der Waals surface area (Å²) in [5, 5.41) is 10.5. The minimum Gasteiger partial charge on any atom is -0.347 e. The number of anilines is 2. The van der Waals surface area contributed by atoms with Crippen molar-refractivity contribution in [2.45, 2.75) is 88.0 Å². The monoisotopic (exact) mass is 1040 g/mol. The summed E-state index contributed by atoms with van der Waals surface area (Å²) in [6.45, 7) is 2.69. The molecule has 6 aromatic rings. The van der Waals surface area contributed by atoms with E-state index in [9.17, 15) is 28.5 Å². The molecule has 4 aliphatic heterocycles. The maximum Gasteiger partial charge on any atom is 0.481 e. The van der Waals surface area contributed by atoms with Crippen LogP contribution >= 0.6 is 15.6 Å². The van der Waals surface area contributed by atoms with Crippen LogP contribution in [0.5, 0.6) is 0 Å². The molecule has 4 aromatic heterocycles. The van der Waals surface area contributed by atoms with Crippen LogP contribution in [-0.4, -0.2) is 136 Å². The second-order valence-corrected chi connectivity index (χ2v) is 19.8. The molecule has 8 N–H and O–H groups in total. The lowest BCUT2D eigenvalue weighted by atomic mass is 10.0. The highest BCUT2D eigenvalue weighted by Gasteiger charge is 2.64. The molecule has 4 fully saturated rings. The van der Waals surface area contributed by atoms with Crippen LogP contribution in [-0.2, 0) is 63.8 Å². The molecule has 0 spiro atoms. The first kappa shape index (κ1) is 49.6. The summed E-state index contributed by atoms with van der Waals surface area (Å²) in [7, 11) is -10.9. The minimum absolute atomic E-state index is 0.0979. The number of benzene rings is 2. The first-order valence-electron chi connectivity index (χ1n) is 22.6. The number of ether oxygens (including phenoxy) is 6. The third kappa shape index (κ3) is 10.3. The Morgan fingerprint density at radius 2 is 1.21 bits per heavy atom. The summed E-state index contributed by atoms with van der Waals surface area (Å²) in [5.74, 6) is 0.223. The van der Waals surface area contributed by atoms with Gasteiger partial charge in [-0.25, -0.2) is 48.6 Å².